The van der Waals surface area contributed by atoms with Crippen LogP contribution in [0.5, 0.6) is 0 Å². The summed E-state index contributed by atoms with van der Waals surface area (Å²) < 4.78 is 20.9. The third kappa shape index (κ3) is 4.24. The summed E-state index contributed by atoms with van der Waals surface area (Å²) in [5, 5.41) is 9.42. The first-order chi connectivity index (χ1) is 15.4. The van der Waals surface area contributed by atoms with E-state index in [-0.39, 0.29) is 30.9 Å². The maximum atomic E-state index is 13.5. The summed E-state index contributed by atoms with van der Waals surface area (Å²) in [7, 11) is 0. The van der Waals surface area contributed by atoms with E-state index in [0.717, 1.165) is 11.1 Å². The van der Waals surface area contributed by atoms with E-state index in [1.54, 1.807) is 26.0 Å². The lowest BCUT2D eigenvalue weighted by Gasteiger charge is -2.15. The molecule has 0 aliphatic carbocycles. The molecule has 0 spiro atoms. The minimum absolute atomic E-state index is 0.137. The highest BCUT2D eigenvalue weighted by Crippen LogP contribution is 2.25. The second-order valence-corrected chi connectivity index (χ2v) is 7.76. The van der Waals surface area contributed by atoms with Crippen LogP contribution in [0.25, 0.3) is 22.8 Å². The number of nitrogens with zero attached hydrogens (tertiary/aromatic N) is 3. The minimum atomic E-state index is -0.369. The summed E-state index contributed by atoms with van der Waals surface area (Å²) in [5.74, 6) is 1.12. The molecule has 0 aliphatic rings. The number of hydrogen-bond acceptors (Lipinski definition) is 5. The first-order valence-electron chi connectivity index (χ1n) is 10.4. The Bertz CT molecular complexity index is 1320. The van der Waals surface area contributed by atoms with E-state index in [0.29, 0.717) is 40.0 Å². The molecule has 1 N–H and O–H groups in total. The van der Waals surface area contributed by atoms with Crippen LogP contribution in [0.3, 0.4) is 0 Å². The SMILES string of the molecule is Cc1cccc(-c2nc(Cn3c(-c4ccc(F)cc4)nc(C)c(CCO)c3=O)c(C)o2)c1. The van der Waals surface area contributed by atoms with Gasteiger partial charge in [0.2, 0.25) is 5.89 Å². The quantitative estimate of drug-likeness (QED) is 0.493. The van der Waals surface area contributed by atoms with Gasteiger partial charge in [-0.3, -0.25) is 9.36 Å². The summed E-state index contributed by atoms with van der Waals surface area (Å²) in [4.78, 5) is 22.6. The molecule has 0 aliphatic heterocycles. The summed E-state index contributed by atoms with van der Waals surface area (Å²) in [6, 6.07) is 13.7. The fourth-order valence-electron chi connectivity index (χ4n) is 3.69. The molecule has 4 aromatic rings. The van der Waals surface area contributed by atoms with Crippen LogP contribution >= 0.6 is 0 Å². The molecule has 7 heteroatoms. The normalized spacial score (nSPS) is 11.2. The van der Waals surface area contributed by atoms with Gasteiger partial charge in [0.25, 0.3) is 5.56 Å². The molecule has 0 saturated heterocycles. The molecule has 2 aromatic carbocycles. The van der Waals surface area contributed by atoms with Crippen molar-refractivity contribution < 1.29 is 13.9 Å². The van der Waals surface area contributed by atoms with Gasteiger partial charge in [0.15, 0.2) is 0 Å². The van der Waals surface area contributed by atoms with E-state index < -0.39 is 0 Å². The van der Waals surface area contributed by atoms with Crippen molar-refractivity contribution in [2.45, 2.75) is 33.7 Å². The Balaban J connectivity index is 1.83. The Hall–Kier alpha value is -3.58. The molecular weight excluding hydrogens is 409 g/mol. The second-order valence-electron chi connectivity index (χ2n) is 7.76. The summed E-state index contributed by atoms with van der Waals surface area (Å²) >= 11 is 0. The van der Waals surface area contributed by atoms with E-state index in [4.69, 9.17) is 4.42 Å². The molecule has 0 unspecified atom stereocenters. The zero-order valence-electron chi connectivity index (χ0n) is 18.2. The van der Waals surface area contributed by atoms with Gasteiger partial charge in [0.1, 0.15) is 23.1 Å². The number of oxazole rings is 1. The molecule has 0 atom stereocenters. The van der Waals surface area contributed by atoms with Gasteiger partial charge < -0.3 is 9.52 Å². The van der Waals surface area contributed by atoms with E-state index in [2.05, 4.69) is 9.97 Å². The lowest BCUT2D eigenvalue weighted by atomic mass is 10.1. The summed E-state index contributed by atoms with van der Waals surface area (Å²) in [5.41, 5.74) is 3.88. The van der Waals surface area contributed by atoms with Crippen LogP contribution in [0.2, 0.25) is 0 Å². The molecule has 164 valence electrons. The second kappa shape index (κ2) is 8.88. The molecule has 2 heterocycles. The highest BCUT2D eigenvalue weighted by Gasteiger charge is 2.19. The van der Waals surface area contributed by atoms with Crippen molar-refractivity contribution >= 4 is 0 Å². The van der Waals surface area contributed by atoms with Crippen molar-refractivity contribution in [3.05, 3.63) is 93.0 Å². The molecule has 0 radical (unpaired) electrons. The predicted molar refractivity (Wildman–Crippen MR) is 120 cm³/mol. The molecule has 32 heavy (non-hydrogen) atoms. The minimum Gasteiger partial charge on any atom is -0.441 e. The van der Waals surface area contributed by atoms with Gasteiger partial charge in [-0.2, -0.15) is 0 Å². The van der Waals surface area contributed by atoms with Crippen molar-refractivity contribution in [1.82, 2.24) is 14.5 Å². The third-order valence-electron chi connectivity index (χ3n) is 5.40. The molecule has 0 fully saturated rings. The lowest BCUT2D eigenvalue weighted by molar-refractivity contribution is 0.298. The maximum absolute atomic E-state index is 13.5. The van der Waals surface area contributed by atoms with E-state index in [1.165, 1.54) is 16.7 Å². The van der Waals surface area contributed by atoms with Crippen molar-refractivity contribution in [2.24, 2.45) is 0 Å². The van der Waals surface area contributed by atoms with Gasteiger partial charge in [-0.05, 0) is 57.2 Å². The average Bonchev–Trinajstić information content (AvgIpc) is 3.14. The number of aliphatic hydroxyl groups excluding tert-OH is 1. The Morgan fingerprint density at radius 2 is 1.78 bits per heavy atom. The highest BCUT2D eigenvalue weighted by molar-refractivity contribution is 5.57. The first-order valence-corrected chi connectivity index (χ1v) is 10.4. The van der Waals surface area contributed by atoms with Gasteiger partial charge in [0, 0.05) is 35.4 Å². The smallest absolute Gasteiger partial charge is 0.257 e. The summed E-state index contributed by atoms with van der Waals surface area (Å²) in [6.45, 7) is 5.52. The molecule has 0 saturated carbocycles. The molecule has 0 bridgehead atoms. The zero-order chi connectivity index (χ0) is 22.8. The first kappa shape index (κ1) is 21.6. The Morgan fingerprint density at radius 1 is 1.03 bits per heavy atom. The Labute approximate surface area is 185 Å². The highest BCUT2D eigenvalue weighted by atomic mass is 19.1. The molecule has 4 rings (SSSR count). The van der Waals surface area contributed by atoms with Crippen molar-refractivity contribution in [2.75, 3.05) is 6.61 Å². The monoisotopic (exact) mass is 433 g/mol. The maximum Gasteiger partial charge on any atom is 0.257 e. The number of benzene rings is 2. The van der Waals surface area contributed by atoms with Gasteiger partial charge in [-0.1, -0.05) is 17.7 Å². The standard InChI is InChI=1S/C25H24FN3O3/c1-15-5-4-6-19(13-15)24-28-22(17(3)32-24)14-29-23(18-7-9-20(26)10-8-18)27-16(2)21(11-12-30)25(29)31/h4-10,13,30H,11-12,14H2,1-3H3. The molecule has 0 amide bonds. The largest absolute Gasteiger partial charge is 0.441 e. The van der Waals surface area contributed by atoms with Crippen molar-refractivity contribution in [3.8, 4) is 22.8 Å². The molecular formula is C25H24FN3O3. The van der Waals surface area contributed by atoms with Gasteiger partial charge in [-0.15, -0.1) is 0 Å². The summed E-state index contributed by atoms with van der Waals surface area (Å²) in [6.07, 6.45) is 0.202. The fourth-order valence-corrected chi connectivity index (χ4v) is 3.69. The Kier molecular flexibility index (Phi) is 6.01. The van der Waals surface area contributed by atoms with Crippen LogP contribution < -0.4 is 5.56 Å². The van der Waals surface area contributed by atoms with Crippen molar-refractivity contribution in [1.29, 1.82) is 0 Å². The van der Waals surface area contributed by atoms with Crippen LogP contribution in [0.1, 0.15) is 28.3 Å². The van der Waals surface area contributed by atoms with Gasteiger partial charge in [-0.25, -0.2) is 14.4 Å². The van der Waals surface area contributed by atoms with E-state index in [1.807, 2.05) is 31.2 Å². The average molecular weight is 433 g/mol. The van der Waals surface area contributed by atoms with Crippen molar-refractivity contribution in [3.63, 3.8) is 0 Å². The fraction of sp³-hybridized carbons (Fsp3) is 0.240. The van der Waals surface area contributed by atoms with Gasteiger partial charge in [0.05, 0.1) is 6.54 Å². The number of hydrogen-bond donors (Lipinski definition) is 1. The third-order valence-corrected chi connectivity index (χ3v) is 5.40. The number of aryl methyl sites for hydroxylation is 3. The topological polar surface area (TPSA) is 81.1 Å². The van der Waals surface area contributed by atoms with Crippen LogP contribution in [0.15, 0.2) is 57.7 Å². The predicted octanol–water partition coefficient (Wildman–Crippen LogP) is 4.21. The number of rotatable bonds is 6. The molecule has 6 nitrogen and oxygen atoms in total. The number of aromatic nitrogens is 3. The van der Waals surface area contributed by atoms with Gasteiger partial charge >= 0.3 is 0 Å². The molecule has 2 aromatic heterocycles. The van der Waals surface area contributed by atoms with Crippen LogP contribution in [0.4, 0.5) is 4.39 Å². The van der Waals surface area contributed by atoms with Crippen LogP contribution in [-0.4, -0.2) is 26.2 Å². The zero-order valence-corrected chi connectivity index (χ0v) is 18.2. The number of halogens is 1. The Morgan fingerprint density at radius 3 is 2.47 bits per heavy atom. The van der Waals surface area contributed by atoms with E-state index in [9.17, 15) is 14.3 Å². The van der Waals surface area contributed by atoms with Crippen LogP contribution in [0, 0.1) is 26.6 Å². The van der Waals surface area contributed by atoms with Crippen LogP contribution in [-0.2, 0) is 13.0 Å². The number of aliphatic hydroxyl groups is 1. The lowest BCUT2D eigenvalue weighted by Crippen LogP contribution is -2.29. The van der Waals surface area contributed by atoms with E-state index >= 15 is 0 Å².